The topological polar surface area (TPSA) is 66.5 Å². The van der Waals surface area contributed by atoms with Gasteiger partial charge in [-0.2, -0.15) is 0 Å². The first-order valence-corrected chi connectivity index (χ1v) is 9.31. The Morgan fingerprint density at radius 1 is 0.800 bits per heavy atom. The van der Waals surface area contributed by atoms with E-state index in [1.54, 1.807) is 7.11 Å². The fourth-order valence-corrected chi connectivity index (χ4v) is 2.48. The van der Waals surface area contributed by atoms with Crippen LogP contribution in [-0.4, -0.2) is 90.5 Å². The molecule has 0 aromatic carbocycles. The van der Waals surface area contributed by atoms with Crippen molar-refractivity contribution in [1.82, 2.24) is 4.90 Å². The highest BCUT2D eigenvalue weighted by molar-refractivity contribution is 5.76. The Bertz CT molecular complexity index is 321. The Hall–Kier alpha value is -0.730. The minimum atomic E-state index is 0.203. The van der Waals surface area contributed by atoms with E-state index in [0.717, 1.165) is 31.8 Å². The van der Waals surface area contributed by atoms with Gasteiger partial charge in [-0.1, -0.05) is 6.92 Å². The zero-order valence-electron chi connectivity index (χ0n) is 15.9. The second-order valence-corrected chi connectivity index (χ2v) is 6.26. The van der Waals surface area contributed by atoms with Gasteiger partial charge in [0.15, 0.2) is 0 Å². The molecule has 25 heavy (non-hydrogen) atoms. The Morgan fingerprint density at radius 2 is 1.24 bits per heavy atom. The van der Waals surface area contributed by atoms with Gasteiger partial charge in [0, 0.05) is 20.2 Å². The van der Waals surface area contributed by atoms with Crippen molar-refractivity contribution in [1.29, 1.82) is 0 Å². The normalized spacial score (nSPS) is 15.7. The van der Waals surface area contributed by atoms with Crippen molar-refractivity contribution in [3.63, 3.8) is 0 Å². The fourth-order valence-electron chi connectivity index (χ4n) is 2.48. The standard InChI is InChI=1S/C18H35NO6/c1-17-3-6-19(7-4-17)18(20)5-8-22-11-12-24-15-16-25-14-13-23-10-9-21-2/h17H,3-16H2,1-2H3. The van der Waals surface area contributed by atoms with Gasteiger partial charge in [-0.05, 0) is 18.8 Å². The quantitative estimate of drug-likeness (QED) is 0.410. The highest BCUT2D eigenvalue weighted by Gasteiger charge is 2.19. The smallest absolute Gasteiger partial charge is 0.224 e. The fraction of sp³-hybridized carbons (Fsp3) is 0.944. The number of carbonyl (C=O) groups is 1. The van der Waals surface area contributed by atoms with Crippen molar-refractivity contribution in [3.8, 4) is 0 Å². The monoisotopic (exact) mass is 361 g/mol. The van der Waals surface area contributed by atoms with Crippen LogP contribution in [0.1, 0.15) is 26.2 Å². The lowest BCUT2D eigenvalue weighted by atomic mass is 9.99. The van der Waals surface area contributed by atoms with Crippen LogP contribution < -0.4 is 0 Å². The molecule has 0 radical (unpaired) electrons. The molecule has 0 aromatic heterocycles. The molecule has 0 aliphatic carbocycles. The van der Waals surface area contributed by atoms with Crippen LogP contribution in [0.4, 0.5) is 0 Å². The third kappa shape index (κ3) is 12.3. The predicted octanol–water partition coefficient (Wildman–Crippen LogP) is 1.35. The van der Waals surface area contributed by atoms with Gasteiger partial charge in [-0.3, -0.25) is 4.79 Å². The summed E-state index contributed by atoms with van der Waals surface area (Å²) in [5, 5.41) is 0. The second kappa shape index (κ2) is 15.5. The molecule has 7 heteroatoms. The summed E-state index contributed by atoms with van der Waals surface area (Å²) in [4.78, 5) is 14.0. The molecule has 0 atom stereocenters. The van der Waals surface area contributed by atoms with Crippen molar-refractivity contribution in [2.45, 2.75) is 26.2 Å². The number of rotatable bonds is 15. The first-order chi connectivity index (χ1) is 12.2. The molecule has 1 amide bonds. The molecule has 1 aliphatic heterocycles. The van der Waals surface area contributed by atoms with E-state index in [1.807, 2.05) is 4.90 Å². The molecule has 0 N–H and O–H groups in total. The van der Waals surface area contributed by atoms with Gasteiger partial charge in [0.1, 0.15) is 0 Å². The Labute approximate surface area is 151 Å². The van der Waals surface area contributed by atoms with Crippen LogP contribution in [0.2, 0.25) is 0 Å². The summed E-state index contributed by atoms with van der Waals surface area (Å²) in [5.41, 5.74) is 0. The first kappa shape index (κ1) is 22.3. The van der Waals surface area contributed by atoms with E-state index in [4.69, 9.17) is 23.7 Å². The van der Waals surface area contributed by atoms with Crippen molar-refractivity contribution in [2.75, 3.05) is 79.7 Å². The van der Waals surface area contributed by atoms with Crippen molar-refractivity contribution in [3.05, 3.63) is 0 Å². The molecule has 1 aliphatic rings. The van der Waals surface area contributed by atoms with Gasteiger partial charge in [0.05, 0.1) is 65.9 Å². The molecule has 0 aromatic rings. The van der Waals surface area contributed by atoms with Crippen LogP contribution in [0.3, 0.4) is 0 Å². The molecule has 1 fully saturated rings. The van der Waals surface area contributed by atoms with E-state index >= 15 is 0 Å². The third-order valence-corrected chi connectivity index (χ3v) is 4.14. The van der Waals surface area contributed by atoms with E-state index < -0.39 is 0 Å². The Kier molecular flexibility index (Phi) is 13.8. The van der Waals surface area contributed by atoms with Crippen LogP contribution in [0.15, 0.2) is 0 Å². The molecule has 0 bridgehead atoms. The van der Waals surface area contributed by atoms with E-state index in [2.05, 4.69) is 6.92 Å². The van der Waals surface area contributed by atoms with E-state index in [9.17, 15) is 4.79 Å². The lowest BCUT2D eigenvalue weighted by Gasteiger charge is -2.30. The molecular weight excluding hydrogens is 326 g/mol. The molecule has 1 heterocycles. The lowest BCUT2D eigenvalue weighted by Crippen LogP contribution is -2.38. The number of piperidine rings is 1. The van der Waals surface area contributed by atoms with Gasteiger partial charge in [0.2, 0.25) is 5.91 Å². The number of likely N-dealkylation sites (tertiary alicyclic amines) is 1. The van der Waals surface area contributed by atoms with Crippen LogP contribution in [0.25, 0.3) is 0 Å². The number of ether oxygens (including phenoxy) is 5. The van der Waals surface area contributed by atoms with E-state index in [-0.39, 0.29) is 5.91 Å². The van der Waals surface area contributed by atoms with Crippen molar-refractivity contribution < 1.29 is 28.5 Å². The SMILES string of the molecule is COCCOCCOCCOCCOCCC(=O)N1CCC(C)CC1. The molecule has 148 valence electrons. The zero-order valence-corrected chi connectivity index (χ0v) is 15.9. The van der Waals surface area contributed by atoms with Crippen LogP contribution in [-0.2, 0) is 28.5 Å². The summed E-state index contributed by atoms with van der Waals surface area (Å²) < 4.78 is 26.4. The molecular formula is C18H35NO6. The maximum Gasteiger partial charge on any atom is 0.224 e. The lowest BCUT2D eigenvalue weighted by molar-refractivity contribution is -0.133. The summed E-state index contributed by atoms with van der Waals surface area (Å²) in [7, 11) is 1.65. The minimum absolute atomic E-state index is 0.203. The number of amides is 1. The summed E-state index contributed by atoms with van der Waals surface area (Å²) in [6, 6.07) is 0. The van der Waals surface area contributed by atoms with Gasteiger partial charge in [0.25, 0.3) is 0 Å². The number of carbonyl (C=O) groups excluding carboxylic acids is 1. The Morgan fingerprint density at radius 3 is 1.72 bits per heavy atom. The van der Waals surface area contributed by atoms with Crippen molar-refractivity contribution >= 4 is 5.91 Å². The van der Waals surface area contributed by atoms with Crippen LogP contribution in [0.5, 0.6) is 0 Å². The van der Waals surface area contributed by atoms with Gasteiger partial charge in [-0.25, -0.2) is 0 Å². The number of nitrogens with zero attached hydrogens (tertiary/aromatic N) is 1. The Balaban J connectivity index is 1.78. The maximum atomic E-state index is 12.0. The van der Waals surface area contributed by atoms with Crippen molar-refractivity contribution in [2.24, 2.45) is 5.92 Å². The van der Waals surface area contributed by atoms with E-state index in [1.165, 1.54) is 0 Å². The zero-order chi connectivity index (χ0) is 18.2. The number of hydrogen-bond acceptors (Lipinski definition) is 6. The summed E-state index contributed by atoms with van der Waals surface area (Å²) in [6.45, 7) is 8.90. The van der Waals surface area contributed by atoms with E-state index in [0.29, 0.717) is 65.9 Å². The van der Waals surface area contributed by atoms with Crippen LogP contribution >= 0.6 is 0 Å². The predicted molar refractivity (Wildman–Crippen MR) is 94.7 cm³/mol. The first-order valence-electron chi connectivity index (χ1n) is 9.31. The highest BCUT2D eigenvalue weighted by atomic mass is 16.6. The molecule has 1 rings (SSSR count). The summed E-state index contributed by atoms with van der Waals surface area (Å²) in [5.74, 6) is 0.943. The third-order valence-electron chi connectivity index (χ3n) is 4.14. The molecule has 0 spiro atoms. The summed E-state index contributed by atoms with van der Waals surface area (Å²) in [6.07, 6.45) is 2.68. The van der Waals surface area contributed by atoms with Gasteiger partial charge in [-0.15, -0.1) is 0 Å². The molecule has 7 nitrogen and oxygen atoms in total. The molecule has 0 saturated carbocycles. The average Bonchev–Trinajstić information content (AvgIpc) is 2.62. The minimum Gasteiger partial charge on any atom is -0.382 e. The van der Waals surface area contributed by atoms with Gasteiger partial charge >= 0.3 is 0 Å². The second-order valence-electron chi connectivity index (χ2n) is 6.26. The maximum absolute atomic E-state index is 12.0. The largest absolute Gasteiger partial charge is 0.382 e. The van der Waals surface area contributed by atoms with Gasteiger partial charge < -0.3 is 28.6 Å². The molecule has 0 unspecified atom stereocenters. The summed E-state index contributed by atoms with van der Waals surface area (Å²) >= 11 is 0. The van der Waals surface area contributed by atoms with Crippen LogP contribution in [0, 0.1) is 5.92 Å². The number of hydrogen-bond donors (Lipinski definition) is 0. The number of methoxy groups -OCH3 is 1. The average molecular weight is 361 g/mol. The highest BCUT2D eigenvalue weighted by Crippen LogP contribution is 2.16. The molecule has 1 saturated heterocycles.